The first kappa shape index (κ1) is 17.8. The van der Waals surface area contributed by atoms with Crippen molar-refractivity contribution in [2.45, 2.75) is 50.2 Å². The number of benzene rings is 1. The number of aromatic nitrogens is 2. The number of aliphatic hydroxyl groups excluding tert-OH is 1. The smallest absolute Gasteiger partial charge is 0.266 e. The fraction of sp³-hybridized carbons (Fsp3) is 0.619. The Morgan fingerprint density at radius 1 is 1.11 bits per heavy atom. The summed E-state index contributed by atoms with van der Waals surface area (Å²) in [4.78, 5) is 6.85. The molecule has 150 valence electrons. The maximum absolute atomic E-state index is 10.7. The molecule has 1 aromatic heterocycles. The molecule has 0 radical (unpaired) electrons. The average molecular weight is 385 g/mol. The van der Waals surface area contributed by atoms with E-state index in [4.69, 9.17) is 14.0 Å². The van der Waals surface area contributed by atoms with Crippen molar-refractivity contribution >= 4 is 5.95 Å². The van der Waals surface area contributed by atoms with Crippen molar-refractivity contribution in [3.8, 4) is 11.5 Å². The average Bonchev–Trinajstić information content (AvgIpc) is 3.28. The van der Waals surface area contributed by atoms with Gasteiger partial charge in [0.15, 0.2) is 11.5 Å². The summed E-state index contributed by atoms with van der Waals surface area (Å²) in [6.07, 6.45) is 4.39. The number of anilines is 1. The number of hydrogen-bond donors (Lipinski definition) is 1. The maximum Gasteiger partial charge on any atom is 0.266 e. The molecule has 1 saturated heterocycles. The molecule has 0 spiro atoms. The van der Waals surface area contributed by atoms with Crippen molar-refractivity contribution in [3.05, 3.63) is 30.2 Å². The van der Waals surface area contributed by atoms with Gasteiger partial charge < -0.3 is 24.0 Å². The van der Waals surface area contributed by atoms with Crippen LogP contribution in [0.2, 0.25) is 0 Å². The lowest BCUT2D eigenvalue weighted by atomic mass is 9.78. The minimum Gasteiger partial charge on any atom is -0.493 e. The summed E-state index contributed by atoms with van der Waals surface area (Å²) < 4.78 is 17.0. The first-order valence-corrected chi connectivity index (χ1v) is 10.3. The van der Waals surface area contributed by atoms with Crippen molar-refractivity contribution in [2.24, 2.45) is 11.8 Å². The van der Waals surface area contributed by atoms with Crippen LogP contribution in [0.5, 0.6) is 11.5 Å². The minimum absolute atomic E-state index is 0.228. The molecule has 5 rings (SSSR count). The zero-order chi connectivity index (χ0) is 19.1. The number of para-hydroxylation sites is 2. The highest BCUT2D eigenvalue weighted by Gasteiger charge is 2.44. The maximum atomic E-state index is 10.7. The van der Waals surface area contributed by atoms with E-state index >= 15 is 0 Å². The third kappa shape index (κ3) is 3.21. The molecule has 2 aromatic rings. The Kier molecular flexibility index (Phi) is 4.62. The molecule has 0 bridgehead atoms. The summed E-state index contributed by atoms with van der Waals surface area (Å²) >= 11 is 0. The standard InChI is InChI=1S/C21H27N3O4/c1-26-17-7-2-3-8-18(17)27-19-10-15-12-24(11-14(15)9-16(19)25)21-22-20(28-23-21)13-5-4-6-13/h2-3,7-8,13-16,19,25H,4-6,9-12H2,1H3/t14-,15+,16+,19+/m0/s1. The van der Waals surface area contributed by atoms with E-state index in [1.165, 1.54) is 6.42 Å². The zero-order valence-electron chi connectivity index (χ0n) is 16.2. The van der Waals surface area contributed by atoms with Gasteiger partial charge in [-0.1, -0.05) is 18.6 Å². The Bertz CT molecular complexity index is 821. The molecule has 1 aromatic carbocycles. The van der Waals surface area contributed by atoms with E-state index in [0.29, 0.717) is 35.2 Å². The topological polar surface area (TPSA) is 80.9 Å². The van der Waals surface area contributed by atoms with Gasteiger partial charge in [0.05, 0.1) is 13.2 Å². The second-order valence-corrected chi connectivity index (χ2v) is 8.33. The molecule has 7 heteroatoms. The predicted octanol–water partition coefficient (Wildman–Crippen LogP) is 3.00. The SMILES string of the molecule is COc1ccccc1O[C@@H]1C[C@@H]2CN(c3noc(C4CCC4)n3)C[C@@H]2C[C@H]1O. The molecule has 4 atom stereocenters. The number of methoxy groups -OCH3 is 1. The van der Waals surface area contributed by atoms with Crippen LogP contribution in [-0.2, 0) is 0 Å². The highest BCUT2D eigenvalue weighted by Crippen LogP contribution is 2.41. The largest absolute Gasteiger partial charge is 0.493 e. The Balaban J connectivity index is 1.25. The molecule has 2 aliphatic carbocycles. The van der Waals surface area contributed by atoms with Crippen molar-refractivity contribution in [2.75, 3.05) is 25.1 Å². The summed E-state index contributed by atoms with van der Waals surface area (Å²) in [5.74, 6) is 4.20. The molecule has 0 amide bonds. The molecule has 1 N–H and O–H groups in total. The summed E-state index contributed by atoms with van der Waals surface area (Å²) in [6.45, 7) is 1.75. The molecule has 3 fully saturated rings. The first-order chi connectivity index (χ1) is 13.7. The van der Waals surface area contributed by atoms with Gasteiger partial charge in [0.2, 0.25) is 5.89 Å². The quantitative estimate of drug-likeness (QED) is 0.847. The second kappa shape index (κ2) is 7.28. The number of rotatable bonds is 5. The van der Waals surface area contributed by atoms with E-state index in [9.17, 15) is 5.11 Å². The molecule has 2 saturated carbocycles. The second-order valence-electron chi connectivity index (χ2n) is 8.33. The van der Waals surface area contributed by atoms with Gasteiger partial charge >= 0.3 is 0 Å². The Morgan fingerprint density at radius 3 is 2.57 bits per heavy atom. The lowest BCUT2D eigenvalue weighted by Gasteiger charge is -2.35. The van der Waals surface area contributed by atoms with Crippen LogP contribution in [0.3, 0.4) is 0 Å². The highest BCUT2D eigenvalue weighted by atomic mass is 16.5. The van der Waals surface area contributed by atoms with Crippen LogP contribution >= 0.6 is 0 Å². The Labute approximate surface area is 164 Å². The van der Waals surface area contributed by atoms with Gasteiger partial charge in [-0.3, -0.25) is 0 Å². The molecule has 1 aliphatic heterocycles. The van der Waals surface area contributed by atoms with E-state index in [0.717, 1.165) is 44.7 Å². The fourth-order valence-corrected chi connectivity index (χ4v) is 4.74. The van der Waals surface area contributed by atoms with Gasteiger partial charge in [-0.15, -0.1) is 0 Å². The molecule has 2 heterocycles. The van der Waals surface area contributed by atoms with Crippen LogP contribution in [0.15, 0.2) is 28.8 Å². The Hall–Kier alpha value is -2.28. The van der Waals surface area contributed by atoms with Crippen LogP contribution < -0.4 is 14.4 Å². The number of hydrogen-bond acceptors (Lipinski definition) is 7. The summed E-state index contributed by atoms with van der Waals surface area (Å²) in [6, 6.07) is 7.60. The van der Waals surface area contributed by atoms with E-state index in [1.54, 1.807) is 7.11 Å². The lowest BCUT2D eigenvalue weighted by Crippen LogP contribution is -2.42. The number of nitrogens with zero attached hydrogens (tertiary/aromatic N) is 3. The van der Waals surface area contributed by atoms with Gasteiger partial charge in [0.25, 0.3) is 5.95 Å². The number of ether oxygens (including phenoxy) is 2. The van der Waals surface area contributed by atoms with Crippen LogP contribution in [0.1, 0.15) is 43.9 Å². The van der Waals surface area contributed by atoms with Crippen LogP contribution in [0, 0.1) is 11.8 Å². The van der Waals surface area contributed by atoms with E-state index in [2.05, 4.69) is 15.0 Å². The van der Waals surface area contributed by atoms with Crippen molar-refractivity contribution in [1.82, 2.24) is 10.1 Å². The first-order valence-electron chi connectivity index (χ1n) is 10.3. The van der Waals surface area contributed by atoms with Crippen LogP contribution in [0.4, 0.5) is 5.95 Å². The molecular weight excluding hydrogens is 358 g/mol. The third-order valence-corrected chi connectivity index (χ3v) is 6.60. The minimum atomic E-state index is -0.484. The summed E-state index contributed by atoms with van der Waals surface area (Å²) in [7, 11) is 1.63. The van der Waals surface area contributed by atoms with Gasteiger partial charge in [0, 0.05) is 19.0 Å². The van der Waals surface area contributed by atoms with Crippen LogP contribution in [0.25, 0.3) is 0 Å². The van der Waals surface area contributed by atoms with E-state index < -0.39 is 6.10 Å². The molecule has 3 aliphatic rings. The third-order valence-electron chi connectivity index (χ3n) is 6.60. The monoisotopic (exact) mass is 385 g/mol. The lowest BCUT2D eigenvalue weighted by molar-refractivity contribution is -0.0240. The fourth-order valence-electron chi connectivity index (χ4n) is 4.74. The molecular formula is C21H27N3O4. The zero-order valence-corrected chi connectivity index (χ0v) is 16.2. The van der Waals surface area contributed by atoms with Crippen LogP contribution in [-0.4, -0.2) is 47.7 Å². The highest BCUT2D eigenvalue weighted by molar-refractivity contribution is 5.39. The Morgan fingerprint density at radius 2 is 1.86 bits per heavy atom. The van der Waals surface area contributed by atoms with Crippen molar-refractivity contribution in [1.29, 1.82) is 0 Å². The van der Waals surface area contributed by atoms with Gasteiger partial charge in [0.1, 0.15) is 6.10 Å². The predicted molar refractivity (Wildman–Crippen MR) is 103 cm³/mol. The van der Waals surface area contributed by atoms with Gasteiger partial charge in [-0.2, -0.15) is 4.98 Å². The van der Waals surface area contributed by atoms with E-state index in [1.807, 2.05) is 24.3 Å². The molecule has 0 unspecified atom stereocenters. The molecule has 28 heavy (non-hydrogen) atoms. The van der Waals surface area contributed by atoms with Crippen molar-refractivity contribution in [3.63, 3.8) is 0 Å². The summed E-state index contributed by atoms with van der Waals surface area (Å²) in [5, 5.41) is 14.9. The van der Waals surface area contributed by atoms with E-state index in [-0.39, 0.29) is 6.10 Å². The normalized spacial score (nSPS) is 30.0. The van der Waals surface area contributed by atoms with Gasteiger partial charge in [-0.25, -0.2) is 0 Å². The molecule has 7 nitrogen and oxygen atoms in total. The van der Waals surface area contributed by atoms with Gasteiger partial charge in [-0.05, 0) is 54.8 Å². The number of aliphatic hydroxyl groups is 1. The summed E-state index contributed by atoms with van der Waals surface area (Å²) in [5.41, 5.74) is 0. The number of fused-ring (bicyclic) bond motifs is 1. The van der Waals surface area contributed by atoms with Crippen molar-refractivity contribution < 1.29 is 19.1 Å².